The Balaban J connectivity index is 0.00000176. The molecule has 1 saturated carbocycles. The van der Waals surface area contributed by atoms with Crippen molar-refractivity contribution in [3.8, 4) is 0 Å². The van der Waals surface area contributed by atoms with Gasteiger partial charge in [0, 0.05) is 11.5 Å². The zero-order valence-corrected chi connectivity index (χ0v) is 14.4. The molecule has 1 nitrogen and oxygen atoms in total. The van der Waals surface area contributed by atoms with E-state index in [-0.39, 0.29) is 17.8 Å². The van der Waals surface area contributed by atoms with Crippen LogP contribution in [-0.2, 0) is 5.41 Å². The second kappa shape index (κ2) is 7.30. The van der Waals surface area contributed by atoms with Crippen LogP contribution in [0.3, 0.4) is 0 Å². The van der Waals surface area contributed by atoms with Gasteiger partial charge in [-0.1, -0.05) is 60.7 Å². The lowest BCUT2D eigenvalue weighted by atomic mass is 9.64. The van der Waals surface area contributed by atoms with Gasteiger partial charge in [0.05, 0.1) is 0 Å². The fourth-order valence-electron chi connectivity index (χ4n) is 3.87. The van der Waals surface area contributed by atoms with E-state index in [1.807, 2.05) is 0 Å². The lowest BCUT2D eigenvalue weighted by Crippen LogP contribution is -2.40. The van der Waals surface area contributed by atoms with Crippen molar-refractivity contribution in [2.45, 2.75) is 37.1 Å². The Bertz CT molecular complexity index is 515. The van der Waals surface area contributed by atoms with Gasteiger partial charge in [-0.3, -0.25) is 0 Å². The Kier molecular flexibility index (Phi) is 5.66. The summed E-state index contributed by atoms with van der Waals surface area (Å²) in [4.78, 5) is 2.39. The van der Waals surface area contributed by atoms with Crippen LogP contribution in [0.15, 0.2) is 60.7 Å². The molecule has 1 aliphatic carbocycles. The second-order valence-corrected chi connectivity index (χ2v) is 6.51. The van der Waals surface area contributed by atoms with E-state index in [9.17, 15) is 0 Å². The fraction of sp³-hybridized carbons (Fsp3) is 0.400. The first-order valence-corrected chi connectivity index (χ1v) is 8.00. The van der Waals surface area contributed by atoms with E-state index in [0.717, 1.165) is 6.04 Å². The molecule has 22 heavy (non-hydrogen) atoms. The van der Waals surface area contributed by atoms with E-state index < -0.39 is 0 Å². The molecular formula is C20H26ClN. The molecule has 1 fully saturated rings. The number of nitrogens with zero attached hydrogens (tertiary/aromatic N) is 1. The predicted molar refractivity (Wildman–Crippen MR) is 96.9 cm³/mol. The highest BCUT2D eigenvalue weighted by molar-refractivity contribution is 5.85. The summed E-state index contributed by atoms with van der Waals surface area (Å²) in [6.07, 6.45) is 5.03. The van der Waals surface area contributed by atoms with E-state index in [4.69, 9.17) is 0 Å². The topological polar surface area (TPSA) is 3.24 Å². The highest BCUT2D eigenvalue weighted by Crippen LogP contribution is 2.45. The highest BCUT2D eigenvalue weighted by Gasteiger charge is 2.38. The Morgan fingerprint density at radius 2 is 1.18 bits per heavy atom. The van der Waals surface area contributed by atoms with Gasteiger partial charge in [0.15, 0.2) is 0 Å². The molecule has 3 rings (SSSR count). The average Bonchev–Trinajstić information content (AvgIpc) is 2.56. The molecular weight excluding hydrogens is 290 g/mol. The third-order valence-corrected chi connectivity index (χ3v) is 5.19. The minimum Gasteiger partial charge on any atom is -0.306 e. The Labute approximate surface area is 140 Å². The van der Waals surface area contributed by atoms with Crippen molar-refractivity contribution in [2.75, 3.05) is 14.1 Å². The molecule has 0 bridgehead atoms. The first kappa shape index (κ1) is 17.1. The normalized spacial score (nSPS) is 18.0. The molecule has 1 aliphatic rings. The number of halogens is 1. The largest absolute Gasteiger partial charge is 0.306 e. The monoisotopic (exact) mass is 315 g/mol. The maximum absolute atomic E-state index is 2.39. The van der Waals surface area contributed by atoms with Crippen molar-refractivity contribution >= 4 is 12.4 Å². The van der Waals surface area contributed by atoms with Crippen LogP contribution >= 0.6 is 12.4 Å². The number of rotatable bonds is 3. The molecule has 0 N–H and O–H groups in total. The fourth-order valence-corrected chi connectivity index (χ4v) is 3.87. The van der Waals surface area contributed by atoms with E-state index >= 15 is 0 Å². The number of benzene rings is 2. The summed E-state index contributed by atoms with van der Waals surface area (Å²) in [5.74, 6) is 0. The molecule has 0 amide bonds. The number of hydrogen-bond donors (Lipinski definition) is 0. The quantitative estimate of drug-likeness (QED) is 0.778. The maximum Gasteiger partial charge on any atom is 0.0204 e. The zero-order chi connectivity index (χ0) is 14.7. The van der Waals surface area contributed by atoms with Crippen molar-refractivity contribution in [3.05, 3.63) is 71.8 Å². The van der Waals surface area contributed by atoms with Gasteiger partial charge in [0.2, 0.25) is 0 Å². The van der Waals surface area contributed by atoms with E-state index in [0.29, 0.717) is 0 Å². The van der Waals surface area contributed by atoms with Gasteiger partial charge in [-0.15, -0.1) is 12.4 Å². The predicted octanol–water partition coefficient (Wildman–Crippen LogP) is 4.90. The second-order valence-electron chi connectivity index (χ2n) is 6.51. The molecule has 0 aliphatic heterocycles. The zero-order valence-electron chi connectivity index (χ0n) is 13.5. The van der Waals surface area contributed by atoms with Crippen molar-refractivity contribution in [2.24, 2.45) is 0 Å². The molecule has 0 atom stereocenters. The summed E-state index contributed by atoms with van der Waals surface area (Å²) < 4.78 is 0. The van der Waals surface area contributed by atoms with Gasteiger partial charge in [-0.05, 0) is 50.9 Å². The van der Waals surface area contributed by atoms with Gasteiger partial charge < -0.3 is 4.90 Å². The van der Waals surface area contributed by atoms with Crippen LogP contribution < -0.4 is 0 Å². The van der Waals surface area contributed by atoms with Crippen LogP contribution in [0.25, 0.3) is 0 Å². The van der Waals surface area contributed by atoms with Gasteiger partial charge in [-0.2, -0.15) is 0 Å². The highest BCUT2D eigenvalue weighted by atomic mass is 35.5. The lowest BCUT2D eigenvalue weighted by Gasteiger charge is -2.43. The summed E-state index contributed by atoms with van der Waals surface area (Å²) in [5.41, 5.74) is 3.16. The van der Waals surface area contributed by atoms with Gasteiger partial charge in [0.1, 0.15) is 0 Å². The van der Waals surface area contributed by atoms with Crippen molar-refractivity contribution in [3.63, 3.8) is 0 Å². The molecule has 2 aromatic carbocycles. The van der Waals surface area contributed by atoms with Crippen molar-refractivity contribution in [1.29, 1.82) is 0 Å². The van der Waals surface area contributed by atoms with Crippen LogP contribution in [0.4, 0.5) is 0 Å². The van der Waals surface area contributed by atoms with Crippen LogP contribution in [0.5, 0.6) is 0 Å². The maximum atomic E-state index is 2.39. The van der Waals surface area contributed by atoms with E-state index in [1.54, 1.807) is 0 Å². The van der Waals surface area contributed by atoms with Crippen molar-refractivity contribution in [1.82, 2.24) is 4.90 Å². The van der Waals surface area contributed by atoms with E-state index in [2.05, 4.69) is 79.7 Å². The third kappa shape index (κ3) is 3.21. The van der Waals surface area contributed by atoms with E-state index in [1.165, 1.54) is 36.8 Å². The molecule has 0 aromatic heterocycles. The van der Waals surface area contributed by atoms with Crippen LogP contribution in [0, 0.1) is 0 Å². The molecule has 0 heterocycles. The van der Waals surface area contributed by atoms with Gasteiger partial charge in [-0.25, -0.2) is 0 Å². The standard InChI is InChI=1S/C20H25N.ClH/c1-21(2)19-13-15-20(16-14-19,17-9-5-3-6-10-17)18-11-7-4-8-12-18;/h3-12,19H,13-16H2,1-2H3;1H. The van der Waals surface area contributed by atoms with Gasteiger partial charge in [0.25, 0.3) is 0 Å². The van der Waals surface area contributed by atoms with Gasteiger partial charge >= 0.3 is 0 Å². The molecule has 0 unspecified atom stereocenters. The molecule has 0 radical (unpaired) electrons. The Morgan fingerprint density at radius 1 is 0.773 bits per heavy atom. The summed E-state index contributed by atoms with van der Waals surface area (Å²) in [5, 5.41) is 0. The third-order valence-electron chi connectivity index (χ3n) is 5.19. The molecule has 0 saturated heterocycles. The van der Waals surface area contributed by atoms with Crippen LogP contribution in [0.1, 0.15) is 36.8 Å². The minimum absolute atomic E-state index is 0. The molecule has 0 spiro atoms. The molecule has 2 aromatic rings. The first-order chi connectivity index (χ1) is 10.2. The van der Waals surface area contributed by atoms with Crippen molar-refractivity contribution < 1.29 is 0 Å². The summed E-state index contributed by atoms with van der Waals surface area (Å²) in [6, 6.07) is 22.9. The Morgan fingerprint density at radius 3 is 1.55 bits per heavy atom. The van der Waals surface area contributed by atoms with Crippen LogP contribution in [0.2, 0.25) is 0 Å². The average molecular weight is 316 g/mol. The minimum atomic E-state index is 0. The summed E-state index contributed by atoms with van der Waals surface area (Å²) in [6.45, 7) is 0. The smallest absolute Gasteiger partial charge is 0.0204 e. The molecule has 118 valence electrons. The lowest BCUT2D eigenvalue weighted by molar-refractivity contribution is 0.189. The first-order valence-electron chi connectivity index (χ1n) is 8.00. The Hall–Kier alpha value is -1.31. The summed E-state index contributed by atoms with van der Waals surface area (Å²) in [7, 11) is 4.42. The number of hydrogen-bond acceptors (Lipinski definition) is 1. The molecule has 2 heteroatoms. The van der Waals surface area contributed by atoms with Crippen LogP contribution in [-0.4, -0.2) is 25.0 Å². The summed E-state index contributed by atoms with van der Waals surface area (Å²) >= 11 is 0. The SMILES string of the molecule is CN(C)C1CCC(c2ccccc2)(c2ccccc2)CC1.Cl.